The molecule has 4 rings (SSSR count). The maximum Gasteiger partial charge on any atom is 0.513 e. The van der Waals surface area contributed by atoms with Gasteiger partial charge in [0.25, 0.3) is 0 Å². The molecule has 26 heavy (non-hydrogen) atoms. The summed E-state index contributed by atoms with van der Waals surface area (Å²) in [5.41, 5.74) is 3.27. The van der Waals surface area contributed by atoms with Crippen molar-refractivity contribution < 1.29 is 14.3 Å². The molecule has 0 atom stereocenters. The Bertz CT molecular complexity index is 1110. The summed E-state index contributed by atoms with van der Waals surface area (Å²) in [6, 6.07) is 24.3. The Labute approximate surface area is 151 Å². The lowest BCUT2D eigenvalue weighted by atomic mass is 9.91. The summed E-state index contributed by atoms with van der Waals surface area (Å²) in [7, 11) is 1.32. The van der Waals surface area contributed by atoms with Crippen molar-refractivity contribution >= 4 is 27.7 Å². The summed E-state index contributed by atoms with van der Waals surface area (Å²) in [6.07, 6.45) is -0.719. The number of hydrogen-bond acceptors (Lipinski definition) is 3. The first-order valence-corrected chi connectivity index (χ1v) is 8.45. The van der Waals surface area contributed by atoms with Crippen molar-refractivity contribution in [1.82, 2.24) is 0 Å². The molecule has 0 saturated carbocycles. The zero-order chi connectivity index (χ0) is 18.1. The fourth-order valence-electron chi connectivity index (χ4n) is 3.43. The molecule has 0 aliphatic rings. The quantitative estimate of drug-likeness (QED) is 0.250. The van der Waals surface area contributed by atoms with Gasteiger partial charge in [0.1, 0.15) is 0 Å². The van der Waals surface area contributed by atoms with Gasteiger partial charge in [-0.05, 0) is 40.5 Å². The predicted octanol–water partition coefficient (Wildman–Crippen LogP) is 6.11. The van der Waals surface area contributed by atoms with Crippen molar-refractivity contribution in [3.8, 4) is 16.9 Å². The molecule has 0 saturated heterocycles. The van der Waals surface area contributed by atoms with E-state index in [2.05, 4.69) is 37.3 Å². The summed E-state index contributed by atoms with van der Waals surface area (Å²) < 4.78 is 10.4. The van der Waals surface area contributed by atoms with Crippen molar-refractivity contribution in [3.05, 3.63) is 78.4 Å². The van der Waals surface area contributed by atoms with E-state index >= 15 is 0 Å². The summed E-state index contributed by atoms with van der Waals surface area (Å²) >= 11 is 0. The van der Waals surface area contributed by atoms with E-state index in [4.69, 9.17) is 9.47 Å². The third-order valence-corrected chi connectivity index (χ3v) is 4.60. The van der Waals surface area contributed by atoms with Crippen molar-refractivity contribution in [2.24, 2.45) is 0 Å². The average molecular weight is 342 g/mol. The zero-order valence-corrected chi connectivity index (χ0v) is 14.7. The number of fused-ring (bicyclic) bond motifs is 2. The lowest BCUT2D eigenvalue weighted by Crippen LogP contribution is -2.08. The molecule has 0 heterocycles. The molecule has 0 aliphatic heterocycles. The smallest absolute Gasteiger partial charge is 0.437 e. The van der Waals surface area contributed by atoms with Gasteiger partial charge in [-0.3, -0.25) is 0 Å². The second-order valence-corrected chi connectivity index (χ2v) is 6.20. The van der Waals surface area contributed by atoms with Crippen molar-refractivity contribution in [1.29, 1.82) is 0 Å². The zero-order valence-electron chi connectivity index (χ0n) is 14.7. The highest BCUT2D eigenvalue weighted by Gasteiger charge is 2.18. The maximum absolute atomic E-state index is 12.0. The second kappa shape index (κ2) is 6.52. The number of carbonyl (C=O) groups is 1. The highest BCUT2D eigenvalue weighted by atomic mass is 16.7. The third-order valence-electron chi connectivity index (χ3n) is 4.60. The molecular weight excluding hydrogens is 324 g/mol. The minimum atomic E-state index is -0.719. The van der Waals surface area contributed by atoms with Crippen LogP contribution in [0, 0.1) is 6.92 Å². The van der Waals surface area contributed by atoms with E-state index in [-0.39, 0.29) is 0 Å². The molecule has 0 spiro atoms. The van der Waals surface area contributed by atoms with Gasteiger partial charge >= 0.3 is 6.16 Å². The van der Waals surface area contributed by atoms with Crippen LogP contribution in [0.5, 0.6) is 5.75 Å². The molecule has 0 N–H and O–H groups in total. The van der Waals surface area contributed by atoms with Crippen LogP contribution in [0.25, 0.3) is 32.7 Å². The van der Waals surface area contributed by atoms with Crippen molar-refractivity contribution in [3.63, 3.8) is 0 Å². The van der Waals surface area contributed by atoms with Crippen LogP contribution >= 0.6 is 0 Å². The molecule has 4 aromatic rings. The van der Waals surface area contributed by atoms with Gasteiger partial charge in [-0.25, -0.2) is 4.79 Å². The predicted molar refractivity (Wildman–Crippen MR) is 105 cm³/mol. The summed E-state index contributed by atoms with van der Waals surface area (Å²) in [5, 5.41) is 3.84. The molecule has 0 unspecified atom stereocenters. The Balaban J connectivity index is 2.16. The molecule has 0 aliphatic carbocycles. The number of aryl methyl sites for hydroxylation is 1. The van der Waals surface area contributed by atoms with E-state index in [0.29, 0.717) is 5.75 Å². The van der Waals surface area contributed by atoms with E-state index < -0.39 is 6.16 Å². The minimum Gasteiger partial charge on any atom is -0.437 e. The molecule has 0 fully saturated rings. The summed E-state index contributed by atoms with van der Waals surface area (Å²) in [5.74, 6) is 0.535. The van der Waals surface area contributed by atoms with Crippen LogP contribution in [0.1, 0.15) is 5.56 Å². The van der Waals surface area contributed by atoms with Gasteiger partial charge in [0.05, 0.1) is 7.11 Å². The molecule has 3 nitrogen and oxygen atoms in total. The lowest BCUT2D eigenvalue weighted by molar-refractivity contribution is 0.122. The van der Waals surface area contributed by atoms with Gasteiger partial charge in [-0.1, -0.05) is 66.7 Å². The van der Waals surface area contributed by atoms with E-state index in [9.17, 15) is 4.79 Å². The van der Waals surface area contributed by atoms with Crippen molar-refractivity contribution in [2.45, 2.75) is 6.92 Å². The first-order valence-electron chi connectivity index (χ1n) is 8.45. The van der Waals surface area contributed by atoms with Crippen LogP contribution < -0.4 is 4.74 Å². The lowest BCUT2D eigenvalue weighted by Gasteiger charge is -2.16. The molecule has 0 aromatic heterocycles. The normalized spacial score (nSPS) is 10.8. The first kappa shape index (κ1) is 16.2. The van der Waals surface area contributed by atoms with E-state index in [0.717, 1.165) is 38.2 Å². The number of ether oxygens (including phenoxy) is 2. The van der Waals surface area contributed by atoms with E-state index in [1.807, 2.05) is 42.5 Å². The number of methoxy groups -OCH3 is 1. The van der Waals surface area contributed by atoms with Gasteiger partial charge in [-0.15, -0.1) is 0 Å². The van der Waals surface area contributed by atoms with Gasteiger partial charge in [-0.2, -0.15) is 0 Å². The van der Waals surface area contributed by atoms with Crippen LogP contribution in [0.2, 0.25) is 0 Å². The Morgan fingerprint density at radius 1 is 0.846 bits per heavy atom. The standard InChI is InChI=1S/C23H18O3/c1-15-12-13-18-14-17-10-6-7-11-19(17)22(26-23(24)25-2)21(18)20(15)16-8-4-3-5-9-16/h3-14H,1-2H3. The first-order chi connectivity index (χ1) is 12.7. The molecule has 4 aromatic carbocycles. The van der Waals surface area contributed by atoms with Crippen molar-refractivity contribution in [2.75, 3.05) is 7.11 Å². The Morgan fingerprint density at radius 3 is 2.35 bits per heavy atom. The van der Waals surface area contributed by atoms with Gasteiger partial charge < -0.3 is 9.47 Å². The average Bonchev–Trinajstić information content (AvgIpc) is 2.68. The van der Waals surface area contributed by atoms with Gasteiger partial charge in [0, 0.05) is 10.8 Å². The number of rotatable bonds is 2. The second-order valence-electron chi connectivity index (χ2n) is 6.20. The molecule has 0 amide bonds. The number of carbonyl (C=O) groups excluding carboxylic acids is 1. The molecule has 0 radical (unpaired) electrons. The Morgan fingerprint density at radius 2 is 1.58 bits per heavy atom. The van der Waals surface area contributed by atoms with E-state index in [1.54, 1.807) is 0 Å². The molecule has 3 heteroatoms. The van der Waals surface area contributed by atoms with Crippen LogP contribution in [0.15, 0.2) is 72.8 Å². The summed E-state index contributed by atoms with van der Waals surface area (Å²) in [4.78, 5) is 12.0. The van der Waals surface area contributed by atoms with Crippen LogP contribution in [-0.2, 0) is 4.74 Å². The molecule has 128 valence electrons. The molecular formula is C23H18O3. The summed E-state index contributed by atoms with van der Waals surface area (Å²) in [6.45, 7) is 2.07. The SMILES string of the molecule is COC(=O)Oc1c2ccccc2cc2ccc(C)c(-c3ccccc3)c12. The monoisotopic (exact) mass is 342 g/mol. The topological polar surface area (TPSA) is 35.5 Å². The highest BCUT2D eigenvalue weighted by molar-refractivity contribution is 6.12. The Hall–Kier alpha value is -3.33. The fraction of sp³-hybridized carbons (Fsp3) is 0.0870. The largest absolute Gasteiger partial charge is 0.513 e. The fourth-order valence-corrected chi connectivity index (χ4v) is 3.43. The number of hydrogen-bond donors (Lipinski definition) is 0. The van der Waals surface area contributed by atoms with Gasteiger partial charge in [0.15, 0.2) is 5.75 Å². The Kier molecular flexibility index (Phi) is 4.05. The van der Waals surface area contributed by atoms with Crippen LogP contribution in [-0.4, -0.2) is 13.3 Å². The maximum atomic E-state index is 12.0. The van der Waals surface area contributed by atoms with Crippen LogP contribution in [0.4, 0.5) is 4.79 Å². The van der Waals surface area contributed by atoms with Crippen LogP contribution in [0.3, 0.4) is 0 Å². The van der Waals surface area contributed by atoms with E-state index in [1.165, 1.54) is 7.11 Å². The minimum absolute atomic E-state index is 0.535. The third kappa shape index (κ3) is 2.68. The number of benzene rings is 4. The molecule has 0 bridgehead atoms. The van der Waals surface area contributed by atoms with Gasteiger partial charge in [0.2, 0.25) is 0 Å². The highest BCUT2D eigenvalue weighted by Crippen LogP contribution is 2.42.